The van der Waals surface area contributed by atoms with Crippen LogP contribution in [0.15, 0.2) is 72.3 Å². The van der Waals surface area contributed by atoms with Gasteiger partial charge in [0.25, 0.3) is 8.32 Å². The van der Waals surface area contributed by atoms with Gasteiger partial charge >= 0.3 is 0 Å². The second-order valence-corrected chi connectivity index (χ2v) is 12.0. The zero-order valence-electron chi connectivity index (χ0n) is 16.4. The quantitative estimate of drug-likeness (QED) is 0.391. The fourth-order valence-electron chi connectivity index (χ4n) is 3.46. The Hall–Kier alpha value is -1.97. The first-order chi connectivity index (χ1) is 12.4. The summed E-state index contributed by atoms with van der Waals surface area (Å²) in [5.41, 5.74) is 1.20. The van der Waals surface area contributed by atoms with Gasteiger partial charge in [-0.05, 0) is 28.8 Å². The van der Waals surface area contributed by atoms with E-state index in [0.717, 1.165) is 12.7 Å². The number of benzene rings is 2. The summed E-state index contributed by atoms with van der Waals surface area (Å²) in [7, 11) is -2.46. The van der Waals surface area contributed by atoms with Crippen LogP contribution in [0.5, 0.6) is 0 Å². The third-order valence-corrected chi connectivity index (χ3v) is 9.81. The van der Waals surface area contributed by atoms with Crippen molar-refractivity contribution in [1.82, 2.24) is 0 Å². The molecular weight excluding hydrogens is 336 g/mol. The molecule has 0 bridgehead atoms. The Morgan fingerprint density at radius 2 is 1.46 bits per heavy atom. The maximum absolute atomic E-state index is 10.6. The summed E-state index contributed by atoms with van der Waals surface area (Å²) < 4.78 is 6.79. The van der Waals surface area contributed by atoms with E-state index in [1.54, 1.807) is 0 Å². The van der Waals surface area contributed by atoms with Gasteiger partial charge in [0.15, 0.2) is 0 Å². The number of hydrogen-bond acceptors (Lipinski definition) is 2. The lowest BCUT2D eigenvalue weighted by Gasteiger charge is -2.42. The van der Waals surface area contributed by atoms with Gasteiger partial charge in [-0.3, -0.25) is 0 Å². The molecule has 0 aromatic heterocycles. The zero-order valence-corrected chi connectivity index (χ0v) is 17.4. The van der Waals surface area contributed by atoms with Crippen molar-refractivity contribution in [3.8, 4) is 0 Å². The van der Waals surface area contributed by atoms with Gasteiger partial charge in [0, 0.05) is 6.42 Å². The monoisotopic (exact) mass is 366 g/mol. The molecule has 0 fully saturated rings. The molecule has 0 N–H and O–H groups in total. The van der Waals surface area contributed by atoms with Gasteiger partial charge in [0.2, 0.25) is 0 Å². The largest absolute Gasteiger partial charge is 0.404 e. The maximum atomic E-state index is 10.6. The molecule has 0 atom stereocenters. The van der Waals surface area contributed by atoms with Gasteiger partial charge in [-0.15, -0.1) is 0 Å². The number of carbonyl (C=O) groups excluding carboxylic acids is 1. The summed E-state index contributed by atoms with van der Waals surface area (Å²) in [6.07, 6.45) is 4.47. The SMILES string of the molecule is C/C(=C\CO[Si](c1ccccc1)(c1ccccc1)C(C)(C)C)CCC=O. The number of allylic oxidation sites excluding steroid dienone is 1. The molecule has 0 aliphatic rings. The molecule has 2 rings (SSSR count). The number of rotatable bonds is 8. The highest BCUT2D eigenvalue weighted by Crippen LogP contribution is 2.36. The first kappa shape index (κ1) is 20.3. The Bertz CT molecular complexity index is 675. The molecule has 0 spiro atoms. The standard InChI is InChI=1S/C23H30O2Si/c1-20(12-11-18-24)17-19-25-26(23(2,3)4,21-13-7-5-8-14-21)22-15-9-6-10-16-22/h5-10,13-18H,11-12,19H2,1-4H3/b20-17+. The fraction of sp³-hybridized carbons (Fsp3) is 0.348. The number of hydrogen-bond donors (Lipinski definition) is 0. The Labute approximate surface area is 159 Å². The van der Waals surface area contributed by atoms with E-state index in [1.807, 2.05) is 0 Å². The van der Waals surface area contributed by atoms with Crippen molar-refractivity contribution < 1.29 is 9.22 Å². The molecular formula is C23H30O2Si. The molecule has 0 radical (unpaired) electrons. The average Bonchev–Trinajstić information content (AvgIpc) is 2.64. The summed E-state index contributed by atoms with van der Waals surface area (Å²) in [5, 5.41) is 2.57. The second-order valence-electron chi connectivity index (χ2n) is 7.73. The van der Waals surface area contributed by atoms with Gasteiger partial charge in [-0.1, -0.05) is 93.1 Å². The summed E-state index contributed by atoms with van der Waals surface area (Å²) in [6.45, 7) is 9.47. The summed E-state index contributed by atoms with van der Waals surface area (Å²) >= 11 is 0. The van der Waals surface area contributed by atoms with Crippen LogP contribution in [0.2, 0.25) is 5.04 Å². The highest BCUT2D eigenvalue weighted by Gasteiger charge is 2.49. The van der Waals surface area contributed by atoms with Crippen molar-refractivity contribution >= 4 is 25.0 Å². The van der Waals surface area contributed by atoms with Gasteiger partial charge < -0.3 is 9.22 Å². The fourth-order valence-corrected chi connectivity index (χ4v) is 7.95. The van der Waals surface area contributed by atoms with Crippen molar-refractivity contribution in [3.63, 3.8) is 0 Å². The third-order valence-electron chi connectivity index (χ3n) is 4.80. The first-order valence-electron chi connectivity index (χ1n) is 9.26. The van der Waals surface area contributed by atoms with Gasteiger partial charge in [0.1, 0.15) is 6.29 Å². The molecule has 0 unspecified atom stereocenters. The summed E-state index contributed by atoms with van der Waals surface area (Å²) in [5.74, 6) is 0. The minimum Gasteiger partial charge on any atom is -0.404 e. The van der Waals surface area contributed by atoms with Crippen molar-refractivity contribution in [2.75, 3.05) is 6.61 Å². The van der Waals surface area contributed by atoms with E-state index in [9.17, 15) is 4.79 Å². The Morgan fingerprint density at radius 1 is 0.962 bits per heavy atom. The Kier molecular flexibility index (Phi) is 7.12. The predicted molar refractivity (Wildman–Crippen MR) is 113 cm³/mol. The normalized spacial score (nSPS) is 12.8. The van der Waals surface area contributed by atoms with Crippen LogP contribution in [-0.2, 0) is 9.22 Å². The van der Waals surface area contributed by atoms with Gasteiger partial charge in [-0.2, -0.15) is 0 Å². The molecule has 0 saturated heterocycles. The highest BCUT2D eigenvalue weighted by atomic mass is 28.4. The van der Waals surface area contributed by atoms with Crippen molar-refractivity contribution in [2.45, 2.75) is 45.6 Å². The molecule has 2 aromatic carbocycles. The first-order valence-corrected chi connectivity index (χ1v) is 11.2. The highest BCUT2D eigenvalue weighted by molar-refractivity contribution is 6.99. The van der Waals surface area contributed by atoms with E-state index in [-0.39, 0.29) is 5.04 Å². The molecule has 0 heterocycles. The van der Waals surface area contributed by atoms with E-state index in [2.05, 4.69) is 94.4 Å². The minimum absolute atomic E-state index is 0.0136. The van der Waals surface area contributed by atoms with Crippen LogP contribution in [0.25, 0.3) is 0 Å². The van der Waals surface area contributed by atoms with Gasteiger partial charge in [-0.25, -0.2) is 0 Å². The van der Waals surface area contributed by atoms with E-state index < -0.39 is 8.32 Å². The van der Waals surface area contributed by atoms with Crippen LogP contribution in [0, 0.1) is 0 Å². The molecule has 3 heteroatoms. The number of carbonyl (C=O) groups is 1. The minimum atomic E-state index is -2.46. The molecule has 26 heavy (non-hydrogen) atoms. The molecule has 0 amide bonds. The smallest absolute Gasteiger partial charge is 0.261 e. The van der Waals surface area contributed by atoms with E-state index >= 15 is 0 Å². The van der Waals surface area contributed by atoms with E-state index in [0.29, 0.717) is 13.0 Å². The van der Waals surface area contributed by atoms with Crippen LogP contribution in [0.4, 0.5) is 0 Å². The zero-order chi connectivity index (χ0) is 19.0. The lowest BCUT2D eigenvalue weighted by Crippen LogP contribution is -2.66. The van der Waals surface area contributed by atoms with E-state index in [1.165, 1.54) is 15.9 Å². The van der Waals surface area contributed by atoms with Crippen molar-refractivity contribution in [3.05, 3.63) is 72.3 Å². The van der Waals surface area contributed by atoms with Crippen LogP contribution < -0.4 is 10.4 Å². The molecule has 138 valence electrons. The predicted octanol–water partition coefficient (Wildman–Crippen LogP) is 4.49. The Balaban J connectivity index is 2.46. The third kappa shape index (κ3) is 4.60. The molecule has 0 aliphatic carbocycles. The molecule has 2 nitrogen and oxygen atoms in total. The second kappa shape index (κ2) is 9.11. The lowest BCUT2D eigenvalue weighted by atomic mass is 10.2. The van der Waals surface area contributed by atoms with Crippen molar-refractivity contribution in [2.24, 2.45) is 0 Å². The van der Waals surface area contributed by atoms with Gasteiger partial charge in [0.05, 0.1) is 6.61 Å². The topological polar surface area (TPSA) is 26.3 Å². The number of aldehydes is 1. The molecule has 2 aromatic rings. The van der Waals surface area contributed by atoms with Crippen LogP contribution in [0.1, 0.15) is 40.5 Å². The summed E-state index contributed by atoms with van der Waals surface area (Å²) in [4.78, 5) is 10.6. The summed E-state index contributed by atoms with van der Waals surface area (Å²) in [6, 6.07) is 21.3. The van der Waals surface area contributed by atoms with Crippen LogP contribution >= 0.6 is 0 Å². The van der Waals surface area contributed by atoms with Crippen LogP contribution in [0.3, 0.4) is 0 Å². The van der Waals surface area contributed by atoms with E-state index in [4.69, 9.17) is 4.43 Å². The van der Waals surface area contributed by atoms with Crippen LogP contribution in [-0.4, -0.2) is 21.2 Å². The maximum Gasteiger partial charge on any atom is 0.261 e. The Morgan fingerprint density at radius 3 is 1.88 bits per heavy atom. The molecule has 0 aliphatic heterocycles. The van der Waals surface area contributed by atoms with Crippen molar-refractivity contribution in [1.29, 1.82) is 0 Å². The molecule has 0 saturated carbocycles. The average molecular weight is 367 g/mol. The lowest BCUT2D eigenvalue weighted by molar-refractivity contribution is -0.107.